The Morgan fingerprint density at radius 3 is 3.00 bits per heavy atom. The molecule has 2 atom stereocenters. The number of aliphatic hydroxyl groups excluding tert-OH is 2. The molecule has 1 unspecified atom stereocenters. The molecule has 19 heavy (non-hydrogen) atoms. The quantitative estimate of drug-likeness (QED) is 0.862. The maximum atomic E-state index is 13.0. The van der Waals surface area contributed by atoms with E-state index in [1.807, 2.05) is 0 Å². The average Bonchev–Trinajstić information content (AvgIpc) is 2.87. The van der Waals surface area contributed by atoms with Gasteiger partial charge in [0.05, 0.1) is 25.2 Å². The van der Waals surface area contributed by atoms with E-state index in [1.54, 1.807) is 11.0 Å². The molecule has 2 N–H and O–H groups in total. The molecule has 1 aromatic rings. The molecule has 1 aromatic carbocycles. The summed E-state index contributed by atoms with van der Waals surface area (Å²) in [6.45, 7) is 0.557. The number of aliphatic hydroxyl groups is 2. The van der Waals surface area contributed by atoms with E-state index in [4.69, 9.17) is 5.11 Å². The Labute approximate surface area is 111 Å². The summed E-state index contributed by atoms with van der Waals surface area (Å²) in [5, 5.41) is 19.1. The van der Waals surface area contributed by atoms with Crippen molar-refractivity contribution in [3.8, 4) is 0 Å². The molecule has 0 radical (unpaired) electrons. The normalized spacial score (nSPS) is 20.6. The zero-order chi connectivity index (χ0) is 13.8. The lowest BCUT2D eigenvalue weighted by atomic mass is 10.1. The van der Waals surface area contributed by atoms with Crippen molar-refractivity contribution in [3.63, 3.8) is 0 Å². The van der Waals surface area contributed by atoms with Crippen molar-refractivity contribution in [1.29, 1.82) is 0 Å². The summed E-state index contributed by atoms with van der Waals surface area (Å²) in [6, 6.07) is 5.47. The smallest absolute Gasteiger partial charge is 0.225 e. The molecule has 4 nitrogen and oxygen atoms in total. The summed E-state index contributed by atoms with van der Waals surface area (Å²) in [6.07, 6.45) is 0.564. The van der Waals surface area contributed by atoms with Crippen LogP contribution in [0.2, 0.25) is 0 Å². The van der Waals surface area contributed by atoms with Crippen molar-refractivity contribution >= 4 is 5.91 Å². The average molecular weight is 267 g/mol. The van der Waals surface area contributed by atoms with E-state index >= 15 is 0 Å². The lowest BCUT2D eigenvalue weighted by Gasteiger charge is -2.24. The standard InChI is InChI=1S/C14H18FNO3/c15-11-4-1-3-10(7-11)13(18)8-14(19)16-6-2-5-12(16)9-17/h1,3-4,7,12-13,17-18H,2,5-6,8-9H2/t12-,13?/m1/s1. The monoisotopic (exact) mass is 267 g/mol. The van der Waals surface area contributed by atoms with E-state index in [9.17, 15) is 14.3 Å². The second-order valence-corrected chi connectivity index (χ2v) is 4.84. The van der Waals surface area contributed by atoms with Gasteiger partial charge in [0.2, 0.25) is 5.91 Å². The first-order chi connectivity index (χ1) is 9.11. The Bertz CT molecular complexity index is 452. The fraction of sp³-hybridized carbons (Fsp3) is 0.500. The van der Waals surface area contributed by atoms with Crippen molar-refractivity contribution in [2.24, 2.45) is 0 Å². The summed E-state index contributed by atoms with van der Waals surface area (Å²) in [7, 11) is 0. The predicted molar refractivity (Wildman–Crippen MR) is 67.8 cm³/mol. The van der Waals surface area contributed by atoms with Gasteiger partial charge in [0, 0.05) is 6.54 Å². The van der Waals surface area contributed by atoms with Crippen LogP contribution in [0.5, 0.6) is 0 Å². The topological polar surface area (TPSA) is 60.8 Å². The third kappa shape index (κ3) is 3.30. The Hall–Kier alpha value is -1.46. The van der Waals surface area contributed by atoms with Gasteiger partial charge in [0.15, 0.2) is 0 Å². The molecule has 1 saturated heterocycles. The number of hydrogen-bond acceptors (Lipinski definition) is 3. The summed E-state index contributed by atoms with van der Waals surface area (Å²) >= 11 is 0. The summed E-state index contributed by atoms with van der Waals surface area (Å²) < 4.78 is 13.0. The lowest BCUT2D eigenvalue weighted by molar-refractivity contribution is -0.134. The number of benzene rings is 1. The molecule has 1 heterocycles. The number of halogens is 1. The highest BCUT2D eigenvalue weighted by atomic mass is 19.1. The van der Waals surface area contributed by atoms with Crippen molar-refractivity contribution in [3.05, 3.63) is 35.6 Å². The first kappa shape index (κ1) is 14.0. The minimum absolute atomic E-state index is 0.0538. The molecular formula is C14H18FNO3. The lowest BCUT2D eigenvalue weighted by Crippen LogP contribution is -2.38. The zero-order valence-corrected chi connectivity index (χ0v) is 10.6. The van der Waals surface area contributed by atoms with Gasteiger partial charge >= 0.3 is 0 Å². The van der Waals surface area contributed by atoms with Crippen LogP contribution in [-0.4, -0.2) is 40.2 Å². The molecule has 0 saturated carbocycles. The summed E-state index contributed by atoms with van der Waals surface area (Å²) in [4.78, 5) is 13.6. The van der Waals surface area contributed by atoms with Crippen LogP contribution in [0.4, 0.5) is 4.39 Å². The molecule has 0 bridgehead atoms. The highest BCUT2D eigenvalue weighted by Crippen LogP contribution is 2.23. The van der Waals surface area contributed by atoms with Crippen LogP contribution in [0, 0.1) is 5.82 Å². The van der Waals surface area contributed by atoms with Crippen LogP contribution in [-0.2, 0) is 4.79 Å². The zero-order valence-electron chi connectivity index (χ0n) is 10.6. The molecule has 0 spiro atoms. The van der Waals surface area contributed by atoms with Gasteiger partial charge in [-0.25, -0.2) is 4.39 Å². The second-order valence-electron chi connectivity index (χ2n) is 4.84. The third-order valence-electron chi connectivity index (χ3n) is 3.51. The molecule has 2 rings (SSSR count). The number of carbonyl (C=O) groups is 1. The van der Waals surface area contributed by atoms with Gasteiger partial charge in [0.25, 0.3) is 0 Å². The first-order valence-electron chi connectivity index (χ1n) is 6.45. The Balaban J connectivity index is 1.98. The molecule has 104 valence electrons. The molecule has 0 aliphatic carbocycles. The van der Waals surface area contributed by atoms with Gasteiger partial charge < -0.3 is 15.1 Å². The van der Waals surface area contributed by atoms with Crippen molar-refractivity contribution < 1.29 is 19.4 Å². The Kier molecular flexibility index (Phi) is 4.50. The molecule has 1 amide bonds. The largest absolute Gasteiger partial charge is 0.394 e. The molecule has 5 heteroatoms. The number of likely N-dealkylation sites (tertiary alicyclic amines) is 1. The van der Waals surface area contributed by atoms with E-state index in [0.29, 0.717) is 12.1 Å². The maximum absolute atomic E-state index is 13.0. The fourth-order valence-electron chi connectivity index (χ4n) is 2.47. The molecule has 1 fully saturated rings. The minimum atomic E-state index is -1.01. The van der Waals surface area contributed by atoms with Gasteiger partial charge in [-0.1, -0.05) is 12.1 Å². The van der Waals surface area contributed by atoms with Crippen LogP contribution >= 0.6 is 0 Å². The second kappa shape index (κ2) is 6.12. The van der Waals surface area contributed by atoms with Crippen molar-refractivity contribution in [2.45, 2.75) is 31.4 Å². The molecule has 0 aromatic heterocycles. The number of amides is 1. The van der Waals surface area contributed by atoms with Crippen LogP contribution < -0.4 is 0 Å². The minimum Gasteiger partial charge on any atom is -0.394 e. The van der Waals surface area contributed by atoms with E-state index in [1.165, 1.54) is 18.2 Å². The van der Waals surface area contributed by atoms with E-state index in [-0.39, 0.29) is 25.0 Å². The summed E-state index contributed by atoms with van der Waals surface area (Å²) in [5.74, 6) is -0.633. The van der Waals surface area contributed by atoms with Crippen molar-refractivity contribution in [2.75, 3.05) is 13.2 Å². The molecular weight excluding hydrogens is 249 g/mol. The van der Waals surface area contributed by atoms with Crippen LogP contribution in [0.25, 0.3) is 0 Å². The van der Waals surface area contributed by atoms with E-state index in [0.717, 1.165) is 12.8 Å². The van der Waals surface area contributed by atoms with Gasteiger partial charge in [-0.15, -0.1) is 0 Å². The first-order valence-corrected chi connectivity index (χ1v) is 6.45. The van der Waals surface area contributed by atoms with Crippen LogP contribution in [0.15, 0.2) is 24.3 Å². The van der Waals surface area contributed by atoms with Gasteiger partial charge in [0.1, 0.15) is 5.82 Å². The third-order valence-corrected chi connectivity index (χ3v) is 3.51. The fourth-order valence-corrected chi connectivity index (χ4v) is 2.47. The van der Waals surface area contributed by atoms with Crippen molar-refractivity contribution in [1.82, 2.24) is 4.90 Å². The molecule has 1 aliphatic rings. The molecule has 1 aliphatic heterocycles. The highest BCUT2D eigenvalue weighted by molar-refractivity contribution is 5.77. The van der Waals surface area contributed by atoms with Gasteiger partial charge in [-0.2, -0.15) is 0 Å². The van der Waals surface area contributed by atoms with Crippen LogP contribution in [0.1, 0.15) is 30.9 Å². The number of nitrogens with zero attached hydrogens (tertiary/aromatic N) is 1. The Morgan fingerprint density at radius 2 is 2.32 bits per heavy atom. The van der Waals surface area contributed by atoms with E-state index in [2.05, 4.69) is 0 Å². The highest BCUT2D eigenvalue weighted by Gasteiger charge is 2.29. The number of carbonyl (C=O) groups excluding carboxylic acids is 1. The van der Waals surface area contributed by atoms with E-state index < -0.39 is 11.9 Å². The predicted octanol–water partition coefficient (Wildman–Crippen LogP) is 1.23. The SMILES string of the molecule is O=C(CC(O)c1cccc(F)c1)N1CCC[C@@H]1CO. The maximum Gasteiger partial charge on any atom is 0.225 e. The summed E-state index contributed by atoms with van der Waals surface area (Å²) in [5.41, 5.74) is 0.396. The number of rotatable bonds is 4. The van der Waals surface area contributed by atoms with Gasteiger partial charge in [-0.3, -0.25) is 4.79 Å². The Morgan fingerprint density at radius 1 is 1.53 bits per heavy atom. The number of hydrogen-bond donors (Lipinski definition) is 2. The van der Waals surface area contributed by atoms with Gasteiger partial charge in [-0.05, 0) is 30.5 Å². The van der Waals surface area contributed by atoms with Crippen LogP contribution in [0.3, 0.4) is 0 Å².